The zero-order valence-electron chi connectivity index (χ0n) is 61.9. The number of nitrogens with zero attached hydrogens (tertiary/aromatic N) is 6. The molecule has 33 heteroatoms. The molecule has 3 saturated carbocycles. The number of anilines is 2. The number of methoxy groups -OCH3 is 1. The molecule has 0 bridgehead atoms. The van der Waals surface area contributed by atoms with Gasteiger partial charge in [0.25, 0.3) is 36.7 Å². The summed E-state index contributed by atoms with van der Waals surface area (Å²) in [6, 6.07) is 49.7. The van der Waals surface area contributed by atoms with Gasteiger partial charge in [0.15, 0.2) is 16.9 Å². The number of aromatic amines is 6. The van der Waals surface area contributed by atoms with E-state index in [1.165, 1.54) is 63.3 Å². The first-order valence-electron chi connectivity index (χ1n) is 37.2. The number of H-pyrrole nitrogens is 6. The molecule has 6 aromatic heterocycles. The third-order valence-corrected chi connectivity index (χ3v) is 23.4. The lowest BCUT2D eigenvalue weighted by atomic mass is 9.90. The van der Waals surface area contributed by atoms with Crippen molar-refractivity contribution in [3.63, 3.8) is 0 Å². The number of nitrogens with two attached hydrogens (primary N) is 1. The average Bonchev–Trinajstić information content (AvgIpc) is 1.62. The molecule has 0 spiro atoms. The van der Waals surface area contributed by atoms with Crippen LogP contribution in [0, 0.1) is 41.0 Å². The molecule has 1 amide bonds. The van der Waals surface area contributed by atoms with Crippen LogP contribution < -0.4 is 53.7 Å². The Labute approximate surface area is 656 Å². The van der Waals surface area contributed by atoms with E-state index < -0.39 is 89.1 Å². The monoisotopic (exact) mass is 1610 g/mol. The van der Waals surface area contributed by atoms with Gasteiger partial charge in [-0.2, -0.15) is 0 Å². The number of primary amides is 1. The van der Waals surface area contributed by atoms with E-state index >= 15 is 0 Å². The van der Waals surface area contributed by atoms with Gasteiger partial charge in [-0.25, -0.2) is 63.7 Å². The lowest BCUT2D eigenvalue weighted by Crippen LogP contribution is -2.30. The molecular formula is C83H75F4N15O12S2. The Morgan fingerprint density at radius 1 is 0.440 bits per heavy atom. The van der Waals surface area contributed by atoms with Crippen molar-refractivity contribution in [3.05, 3.63) is 336 Å². The molecule has 116 heavy (non-hydrogen) atoms. The van der Waals surface area contributed by atoms with E-state index in [9.17, 15) is 68.0 Å². The highest BCUT2D eigenvalue weighted by atomic mass is 32.2. The summed E-state index contributed by atoms with van der Waals surface area (Å²) >= 11 is 0. The Kier molecular flexibility index (Phi) is 22.0. The standard InChI is InChI=1S/C30H28FN5O5S.C29H25F2N5O4S.C24H22FN5O3/c1-41-22-6-4-7-23(16-22)42(39,40)35-21-13-11-19(12-14-21)24(15-20-5-2-3-8-25(20)31)27-32-26-28(33-27)36(17-18-9-10-18)30(38)34-29(26)37;30-20-5-3-6-22(15-20)41(39,40)35-21-12-10-18(11-13-21)23(14-19-4-1-2-7-24(19)31)26-32-25-27(33-26)36(16-17-8-9-17)29(38)34-28(25)37;25-18-4-2-1-3-16(18)11-17(14-7-9-15(10-8-14)20(26)31)21-27-19-22(28-21)30(12-13-5-6-13)24(33)29-23(19)32/h2-8,11-14,16,18,24,35H,9-10,15,17H2,1H3,(H,32,33)(H,34,37,38);1-7,10-13,15,17,23,35H,8-9,14,16H2,(H,32,33)(H,34,37,38);1-4,7-10,13,17H,5-6,11-12H2,(H2,26,31)(H,27,28)(H,29,32,33). The second-order valence-corrected chi connectivity index (χ2v) is 32.4. The maximum absolute atomic E-state index is 14.8. The number of hydrogen-bond acceptors (Lipinski definition) is 15. The molecule has 17 rings (SSSR count). The highest BCUT2D eigenvalue weighted by Crippen LogP contribution is 2.37. The van der Waals surface area contributed by atoms with E-state index in [2.05, 4.69) is 49.3 Å². The first-order chi connectivity index (χ1) is 55.8. The minimum absolute atomic E-state index is 0.0492. The van der Waals surface area contributed by atoms with Crippen molar-refractivity contribution < 1.29 is 43.9 Å². The van der Waals surface area contributed by atoms with E-state index in [0.717, 1.165) is 56.2 Å². The second-order valence-electron chi connectivity index (χ2n) is 29.0. The third-order valence-electron chi connectivity index (χ3n) is 20.7. The van der Waals surface area contributed by atoms with Crippen LogP contribution in [0.15, 0.2) is 233 Å². The fraction of sp³-hybridized carbons (Fsp3) is 0.229. The van der Waals surface area contributed by atoms with E-state index in [1.807, 2.05) is 0 Å². The molecular weight excluding hydrogens is 1540 g/mol. The molecule has 3 unspecified atom stereocenters. The predicted octanol–water partition coefficient (Wildman–Crippen LogP) is 10.9. The first kappa shape index (κ1) is 78.0. The van der Waals surface area contributed by atoms with E-state index in [1.54, 1.807) is 140 Å². The van der Waals surface area contributed by atoms with Gasteiger partial charge in [0.1, 0.15) is 63.0 Å². The largest absolute Gasteiger partial charge is 0.497 e. The Morgan fingerprint density at radius 3 is 1.09 bits per heavy atom. The van der Waals surface area contributed by atoms with Crippen LogP contribution in [0.4, 0.5) is 28.9 Å². The molecule has 27 nitrogen and oxygen atoms in total. The van der Waals surface area contributed by atoms with Gasteiger partial charge in [0, 0.05) is 60.4 Å². The molecule has 3 fully saturated rings. The van der Waals surface area contributed by atoms with Crippen molar-refractivity contribution in [3.8, 4) is 5.75 Å². The number of aromatic nitrogens is 12. The molecule has 10 N–H and O–H groups in total. The van der Waals surface area contributed by atoms with Gasteiger partial charge in [-0.05, 0) is 194 Å². The fourth-order valence-corrected chi connectivity index (χ4v) is 16.1. The molecule has 3 atom stereocenters. The van der Waals surface area contributed by atoms with Gasteiger partial charge in [-0.3, -0.25) is 57.3 Å². The smallest absolute Gasteiger partial charge is 0.330 e. The summed E-state index contributed by atoms with van der Waals surface area (Å²) < 4.78 is 124. The van der Waals surface area contributed by atoms with E-state index in [4.69, 9.17) is 15.5 Å². The van der Waals surface area contributed by atoms with Gasteiger partial charge in [-0.1, -0.05) is 103 Å². The Morgan fingerprint density at radius 2 is 0.767 bits per heavy atom. The number of benzene rings is 8. The van der Waals surface area contributed by atoms with Crippen LogP contribution in [0.2, 0.25) is 0 Å². The number of halogens is 4. The van der Waals surface area contributed by atoms with Crippen molar-refractivity contribution in [2.75, 3.05) is 16.6 Å². The Bertz CT molecular complexity index is 6710. The Hall–Kier alpha value is -13.3. The summed E-state index contributed by atoms with van der Waals surface area (Å²) in [7, 11) is -6.47. The highest BCUT2D eigenvalue weighted by Gasteiger charge is 2.32. The van der Waals surface area contributed by atoms with Crippen molar-refractivity contribution in [1.29, 1.82) is 0 Å². The molecule has 8 aromatic carbocycles. The number of fused-ring (bicyclic) bond motifs is 3. The summed E-state index contributed by atoms with van der Waals surface area (Å²) in [6.45, 7) is 1.38. The second kappa shape index (κ2) is 32.7. The number of rotatable bonds is 26. The van der Waals surface area contributed by atoms with E-state index in [0.29, 0.717) is 99.7 Å². The third kappa shape index (κ3) is 17.6. The lowest BCUT2D eigenvalue weighted by Gasteiger charge is -2.17. The summed E-state index contributed by atoms with van der Waals surface area (Å²) in [5, 5.41) is 0. The van der Waals surface area contributed by atoms with Crippen molar-refractivity contribution >= 4 is 70.8 Å². The SMILES string of the molecule is COc1cccc(S(=O)(=O)Nc2ccc(C(Cc3ccccc3F)c3nc4c([nH]3)c(=O)[nH]c(=O)n4CC3CC3)cc2)c1.NC(=O)c1ccc(C(Cc2ccccc2F)c2nc3c([nH]2)c(=O)[nH]c(=O)n3CC2CC2)cc1.O=c1[nH]c(=O)n(CC2CC2)c2nc(C(Cc3ccccc3F)c3ccc(NS(=O)(=O)c4cccc(F)c4)cc3)[nH]c12. The maximum atomic E-state index is 14.8. The Balaban J connectivity index is 0.000000138. The van der Waals surface area contributed by atoms with Gasteiger partial charge in [0.05, 0.1) is 16.9 Å². The fourth-order valence-electron chi connectivity index (χ4n) is 13.9. The number of ether oxygens (including phenoxy) is 1. The van der Waals surface area contributed by atoms with E-state index in [-0.39, 0.29) is 79.9 Å². The number of nitrogens with one attached hydrogen (secondary N) is 8. The zero-order valence-corrected chi connectivity index (χ0v) is 63.5. The minimum atomic E-state index is -4.04. The van der Waals surface area contributed by atoms with Crippen LogP contribution in [0.25, 0.3) is 33.5 Å². The van der Waals surface area contributed by atoms with Crippen LogP contribution in [-0.4, -0.2) is 88.4 Å². The van der Waals surface area contributed by atoms with Crippen molar-refractivity contribution in [1.82, 2.24) is 58.6 Å². The van der Waals surface area contributed by atoms with Crippen LogP contribution in [0.5, 0.6) is 5.75 Å². The molecule has 3 aliphatic carbocycles. The van der Waals surface area contributed by atoms with Crippen LogP contribution in [0.3, 0.4) is 0 Å². The summed E-state index contributed by atoms with van der Waals surface area (Å²) in [5.74, 6) is -1.24. The number of sulfonamides is 2. The van der Waals surface area contributed by atoms with Crippen LogP contribution in [-0.2, 0) is 58.9 Å². The molecule has 0 radical (unpaired) electrons. The van der Waals surface area contributed by atoms with Gasteiger partial charge >= 0.3 is 17.1 Å². The van der Waals surface area contributed by atoms with Gasteiger partial charge in [-0.15, -0.1) is 0 Å². The molecule has 14 aromatic rings. The predicted molar refractivity (Wildman–Crippen MR) is 426 cm³/mol. The molecule has 0 aliphatic heterocycles. The van der Waals surface area contributed by atoms with Crippen molar-refractivity contribution in [2.45, 2.75) is 105 Å². The molecule has 594 valence electrons. The van der Waals surface area contributed by atoms with Gasteiger partial charge in [0.2, 0.25) is 5.91 Å². The molecule has 3 aliphatic rings. The first-order valence-corrected chi connectivity index (χ1v) is 40.2. The summed E-state index contributed by atoms with van der Waals surface area (Å²) in [4.78, 5) is 117. The normalized spacial score (nSPS) is 14.3. The molecule has 0 saturated heterocycles. The van der Waals surface area contributed by atoms with Crippen LogP contribution in [0.1, 0.15) is 117 Å². The van der Waals surface area contributed by atoms with Gasteiger partial charge < -0.3 is 25.4 Å². The molecule has 6 heterocycles. The zero-order chi connectivity index (χ0) is 81.3. The number of carbonyl (C=O) groups is 1. The number of amides is 1. The number of hydrogen-bond donors (Lipinski definition) is 9. The summed E-state index contributed by atoms with van der Waals surface area (Å²) in [5.41, 5.74) is 7.78. The maximum Gasteiger partial charge on any atom is 0.330 e. The quantitative estimate of drug-likeness (QED) is 0.0228. The number of imidazole rings is 3. The number of carbonyl (C=O) groups excluding carboxylic acids is 1. The summed E-state index contributed by atoms with van der Waals surface area (Å²) in [6.07, 6.45) is 6.71. The average molecular weight is 1610 g/mol. The van der Waals surface area contributed by atoms with Crippen LogP contribution >= 0.6 is 0 Å². The van der Waals surface area contributed by atoms with Crippen molar-refractivity contribution in [2.24, 2.45) is 23.5 Å². The lowest BCUT2D eigenvalue weighted by molar-refractivity contribution is 0.1000. The highest BCUT2D eigenvalue weighted by molar-refractivity contribution is 7.93. The minimum Gasteiger partial charge on any atom is -0.497 e. The topological polar surface area (TPSA) is 395 Å².